The summed E-state index contributed by atoms with van der Waals surface area (Å²) in [5.74, 6) is 0.546. The minimum absolute atomic E-state index is 0.269. The maximum Gasteiger partial charge on any atom is 0.225 e. The van der Waals surface area contributed by atoms with Gasteiger partial charge in [0.2, 0.25) is 5.51 Å². The molecule has 0 radical (unpaired) electrons. The number of nitrogen functional groups attached to an aromatic ring is 1. The number of pyridine rings is 1. The second-order valence-corrected chi connectivity index (χ2v) is 5.83. The molecule has 0 fully saturated rings. The van der Waals surface area contributed by atoms with Crippen molar-refractivity contribution in [3.05, 3.63) is 39.0 Å². The molecule has 0 aliphatic carbocycles. The van der Waals surface area contributed by atoms with Gasteiger partial charge in [-0.3, -0.25) is 0 Å². The van der Waals surface area contributed by atoms with Gasteiger partial charge < -0.3 is 15.9 Å². The second kappa shape index (κ2) is 5.87. The van der Waals surface area contributed by atoms with Crippen LogP contribution in [0.4, 0.5) is 5.82 Å². The number of aryl methyl sites for hydroxylation is 2. The number of rotatable bonds is 4. The Balaban J connectivity index is 2.34. The molecular formula is C14H20N3O2S+. The lowest BCUT2D eigenvalue weighted by atomic mass is 10.1. The zero-order valence-corrected chi connectivity index (χ0v) is 12.7. The monoisotopic (exact) mass is 294 g/mol. The molecule has 1 unspecified atom stereocenters. The number of aliphatic hydroxyl groups is 2. The van der Waals surface area contributed by atoms with Crippen molar-refractivity contribution in [3.8, 4) is 0 Å². The van der Waals surface area contributed by atoms with Crippen LogP contribution in [-0.4, -0.2) is 21.8 Å². The zero-order chi connectivity index (χ0) is 14.9. The fraction of sp³-hybridized carbons (Fsp3) is 0.429. The van der Waals surface area contributed by atoms with Crippen LogP contribution in [0.25, 0.3) is 0 Å². The molecule has 0 spiro atoms. The van der Waals surface area contributed by atoms with E-state index in [9.17, 15) is 5.11 Å². The Labute approximate surface area is 122 Å². The molecule has 6 heteroatoms. The van der Waals surface area contributed by atoms with Crippen molar-refractivity contribution in [2.75, 3.05) is 12.3 Å². The Morgan fingerprint density at radius 2 is 2.10 bits per heavy atom. The van der Waals surface area contributed by atoms with Crippen molar-refractivity contribution >= 4 is 17.2 Å². The molecule has 108 valence electrons. The van der Waals surface area contributed by atoms with E-state index in [4.69, 9.17) is 10.8 Å². The largest absolute Gasteiger partial charge is 0.393 e. The number of anilines is 1. The number of nitrogens with zero attached hydrogens (tertiary/aromatic N) is 2. The first kappa shape index (κ1) is 14.9. The summed E-state index contributed by atoms with van der Waals surface area (Å²) in [6.07, 6.45) is -0.823. The third kappa shape index (κ3) is 2.82. The molecule has 20 heavy (non-hydrogen) atoms. The lowest BCUT2D eigenvalue weighted by Crippen LogP contribution is -2.36. The molecule has 0 aliphatic rings. The highest BCUT2D eigenvalue weighted by Gasteiger charge is 2.22. The Morgan fingerprint density at radius 1 is 1.40 bits per heavy atom. The summed E-state index contributed by atoms with van der Waals surface area (Å²) in [5.41, 5.74) is 11.9. The Morgan fingerprint density at radius 3 is 2.70 bits per heavy atom. The van der Waals surface area contributed by atoms with Gasteiger partial charge in [0.15, 0.2) is 12.2 Å². The van der Waals surface area contributed by atoms with Crippen LogP contribution in [0.5, 0.6) is 0 Å². The van der Waals surface area contributed by atoms with Crippen LogP contribution in [0, 0.1) is 20.8 Å². The SMILES string of the molecule is Cc1cc(C)c(C[n+]2csc(C(O)CO)c2C)c(N)n1. The van der Waals surface area contributed by atoms with Gasteiger partial charge in [-0.15, -0.1) is 0 Å². The van der Waals surface area contributed by atoms with Crippen LogP contribution >= 0.6 is 11.3 Å². The third-order valence-corrected chi connectivity index (χ3v) is 4.59. The molecule has 2 rings (SSSR count). The first-order chi connectivity index (χ1) is 9.43. The van der Waals surface area contributed by atoms with Crippen LogP contribution in [-0.2, 0) is 6.54 Å². The molecular weight excluding hydrogens is 274 g/mol. The van der Waals surface area contributed by atoms with Crippen molar-refractivity contribution in [2.45, 2.75) is 33.4 Å². The summed E-state index contributed by atoms with van der Waals surface area (Å²) in [6, 6.07) is 2.01. The molecule has 0 saturated heterocycles. The summed E-state index contributed by atoms with van der Waals surface area (Å²) >= 11 is 1.43. The number of aromatic nitrogens is 2. The van der Waals surface area contributed by atoms with E-state index in [1.54, 1.807) is 0 Å². The van der Waals surface area contributed by atoms with Crippen LogP contribution in [0.15, 0.2) is 11.6 Å². The minimum Gasteiger partial charge on any atom is -0.393 e. The number of aliphatic hydroxyl groups excluding tert-OH is 2. The van der Waals surface area contributed by atoms with Crippen molar-refractivity contribution in [1.82, 2.24) is 4.98 Å². The van der Waals surface area contributed by atoms with Crippen molar-refractivity contribution in [2.24, 2.45) is 0 Å². The van der Waals surface area contributed by atoms with Gasteiger partial charge in [0.05, 0.1) is 12.2 Å². The van der Waals surface area contributed by atoms with E-state index in [0.717, 1.165) is 27.4 Å². The minimum atomic E-state index is -0.823. The number of thiazole rings is 1. The van der Waals surface area contributed by atoms with E-state index in [2.05, 4.69) is 4.98 Å². The average molecular weight is 294 g/mol. The molecule has 1 atom stereocenters. The predicted molar refractivity (Wildman–Crippen MR) is 78.5 cm³/mol. The van der Waals surface area contributed by atoms with E-state index in [1.165, 1.54) is 11.3 Å². The maximum atomic E-state index is 9.75. The van der Waals surface area contributed by atoms with E-state index in [-0.39, 0.29) is 6.61 Å². The molecule has 0 aromatic carbocycles. The summed E-state index contributed by atoms with van der Waals surface area (Å²) in [6.45, 7) is 6.22. The fourth-order valence-electron chi connectivity index (χ4n) is 2.25. The lowest BCUT2D eigenvalue weighted by Gasteiger charge is -2.07. The van der Waals surface area contributed by atoms with Crippen molar-refractivity contribution in [3.63, 3.8) is 0 Å². The van der Waals surface area contributed by atoms with Crippen molar-refractivity contribution in [1.29, 1.82) is 0 Å². The van der Waals surface area contributed by atoms with Gasteiger partial charge in [0.1, 0.15) is 16.8 Å². The summed E-state index contributed by atoms with van der Waals surface area (Å²) in [5, 5.41) is 18.8. The van der Waals surface area contributed by atoms with E-state index in [1.807, 2.05) is 36.9 Å². The second-order valence-electron chi connectivity index (χ2n) is 4.94. The number of hydrogen-bond donors (Lipinski definition) is 3. The Kier molecular flexibility index (Phi) is 4.37. The Bertz CT molecular complexity index is 602. The van der Waals surface area contributed by atoms with Crippen LogP contribution in [0.3, 0.4) is 0 Å². The molecule has 4 N–H and O–H groups in total. The first-order valence-electron chi connectivity index (χ1n) is 6.43. The van der Waals surface area contributed by atoms with Gasteiger partial charge in [0.25, 0.3) is 0 Å². The van der Waals surface area contributed by atoms with E-state index < -0.39 is 6.10 Å². The van der Waals surface area contributed by atoms with Crippen LogP contribution in [0.1, 0.15) is 33.5 Å². The molecule has 0 amide bonds. The normalized spacial score (nSPS) is 12.7. The summed E-state index contributed by atoms with van der Waals surface area (Å²) < 4.78 is 2.02. The Hall–Kier alpha value is -1.50. The molecule has 2 aromatic rings. The molecule has 0 bridgehead atoms. The highest BCUT2D eigenvalue weighted by molar-refractivity contribution is 7.09. The summed E-state index contributed by atoms with van der Waals surface area (Å²) in [7, 11) is 0. The fourth-order valence-corrected chi connectivity index (χ4v) is 3.25. The standard InChI is InChI=1S/C14H20N3O2S/c1-8-4-9(2)16-14(15)11(8)5-17-7-20-13(10(17)3)12(19)6-18/h4,7,12,18-19H,5-6H2,1-3H3,(H2,15,16)/q+1. The van der Waals surface area contributed by atoms with Gasteiger partial charge in [-0.1, -0.05) is 11.3 Å². The topological polar surface area (TPSA) is 83.2 Å². The van der Waals surface area contributed by atoms with Gasteiger partial charge in [-0.05, 0) is 25.5 Å². The molecule has 0 aliphatic heterocycles. The molecule has 0 saturated carbocycles. The highest BCUT2D eigenvalue weighted by atomic mass is 32.1. The van der Waals surface area contributed by atoms with E-state index in [0.29, 0.717) is 12.4 Å². The molecule has 2 aromatic heterocycles. The maximum absolute atomic E-state index is 9.75. The van der Waals surface area contributed by atoms with Gasteiger partial charge >= 0.3 is 0 Å². The van der Waals surface area contributed by atoms with Gasteiger partial charge in [0, 0.05) is 12.6 Å². The zero-order valence-electron chi connectivity index (χ0n) is 11.9. The van der Waals surface area contributed by atoms with Gasteiger partial charge in [-0.25, -0.2) is 4.98 Å². The van der Waals surface area contributed by atoms with Crippen molar-refractivity contribution < 1.29 is 14.8 Å². The van der Waals surface area contributed by atoms with Gasteiger partial charge in [-0.2, -0.15) is 4.57 Å². The number of hydrogen-bond acceptors (Lipinski definition) is 5. The quantitative estimate of drug-likeness (QED) is 0.735. The predicted octanol–water partition coefficient (Wildman–Crippen LogP) is 1.01. The summed E-state index contributed by atoms with van der Waals surface area (Å²) in [4.78, 5) is 5.08. The van der Waals surface area contributed by atoms with Crippen LogP contribution in [0.2, 0.25) is 0 Å². The lowest BCUT2D eigenvalue weighted by molar-refractivity contribution is -0.689. The van der Waals surface area contributed by atoms with Crippen LogP contribution < -0.4 is 10.3 Å². The molecule has 2 heterocycles. The average Bonchev–Trinajstić information content (AvgIpc) is 2.74. The molecule has 5 nitrogen and oxygen atoms in total. The first-order valence-corrected chi connectivity index (χ1v) is 7.31. The van der Waals surface area contributed by atoms with E-state index >= 15 is 0 Å². The number of nitrogens with two attached hydrogens (primary N) is 1. The smallest absolute Gasteiger partial charge is 0.225 e. The third-order valence-electron chi connectivity index (χ3n) is 3.41. The highest BCUT2D eigenvalue weighted by Crippen LogP contribution is 2.21.